The standard InChI is InChI=1S/C18H32N4O4/c1-13-5-3-4-6-15(13)19-18(26)20-16(23)11-22-9-7-14(8-10-22)21(2)12-17(24)25/h13-15H,3-12H2,1-2H3,(H,24,25)(H2,19,20,23,26). The summed E-state index contributed by atoms with van der Waals surface area (Å²) in [5.74, 6) is -0.665. The molecule has 148 valence electrons. The minimum Gasteiger partial charge on any atom is -0.480 e. The van der Waals surface area contributed by atoms with Gasteiger partial charge in [0.15, 0.2) is 0 Å². The quantitative estimate of drug-likeness (QED) is 0.643. The van der Waals surface area contributed by atoms with Crippen LogP contribution in [-0.4, -0.2) is 78.1 Å². The molecule has 0 aromatic heterocycles. The molecular weight excluding hydrogens is 336 g/mol. The highest BCUT2D eigenvalue weighted by molar-refractivity contribution is 5.95. The lowest BCUT2D eigenvalue weighted by Crippen LogP contribution is -2.51. The number of likely N-dealkylation sites (N-methyl/N-ethyl adjacent to an activating group) is 1. The molecule has 3 amide bonds. The monoisotopic (exact) mass is 368 g/mol. The predicted octanol–water partition coefficient (Wildman–Crippen LogP) is 0.872. The summed E-state index contributed by atoms with van der Waals surface area (Å²) in [4.78, 5) is 38.8. The number of imide groups is 1. The third-order valence-electron chi connectivity index (χ3n) is 5.61. The van der Waals surface area contributed by atoms with Crippen LogP contribution in [0.3, 0.4) is 0 Å². The van der Waals surface area contributed by atoms with E-state index in [1.54, 1.807) is 0 Å². The first-order valence-electron chi connectivity index (χ1n) is 9.60. The summed E-state index contributed by atoms with van der Waals surface area (Å²) in [6.45, 7) is 3.82. The maximum atomic E-state index is 12.1. The van der Waals surface area contributed by atoms with Gasteiger partial charge in [-0.3, -0.25) is 24.7 Å². The topological polar surface area (TPSA) is 102 Å². The van der Waals surface area contributed by atoms with Crippen LogP contribution in [0.25, 0.3) is 0 Å². The number of carbonyl (C=O) groups excluding carboxylic acids is 2. The molecule has 0 radical (unpaired) electrons. The number of carboxylic acid groups (broad SMARTS) is 1. The van der Waals surface area contributed by atoms with Crippen LogP contribution in [0.4, 0.5) is 4.79 Å². The Balaban J connectivity index is 1.67. The summed E-state index contributed by atoms with van der Waals surface area (Å²) < 4.78 is 0. The van der Waals surface area contributed by atoms with E-state index in [0.29, 0.717) is 5.92 Å². The highest BCUT2D eigenvalue weighted by Crippen LogP contribution is 2.23. The molecule has 1 aliphatic carbocycles. The number of amides is 3. The number of carbonyl (C=O) groups is 3. The fourth-order valence-corrected chi connectivity index (χ4v) is 3.97. The first-order chi connectivity index (χ1) is 12.3. The van der Waals surface area contributed by atoms with Gasteiger partial charge in [0.1, 0.15) is 0 Å². The molecule has 8 nitrogen and oxygen atoms in total. The second-order valence-corrected chi connectivity index (χ2v) is 7.71. The minimum absolute atomic E-state index is 0.0327. The number of nitrogens with zero attached hydrogens (tertiary/aromatic N) is 2. The van der Waals surface area contributed by atoms with Gasteiger partial charge in [-0.2, -0.15) is 0 Å². The molecule has 2 unspecified atom stereocenters. The van der Waals surface area contributed by atoms with Gasteiger partial charge in [-0.05, 0) is 38.6 Å². The van der Waals surface area contributed by atoms with Gasteiger partial charge in [0.25, 0.3) is 0 Å². The van der Waals surface area contributed by atoms with Crippen LogP contribution in [-0.2, 0) is 9.59 Å². The lowest BCUT2D eigenvalue weighted by atomic mass is 9.86. The Hall–Kier alpha value is -1.67. The summed E-state index contributed by atoms with van der Waals surface area (Å²) in [5, 5.41) is 14.2. The minimum atomic E-state index is -0.826. The smallest absolute Gasteiger partial charge is 0.321 e. The van der Waals surface area contributed by atoms with Crippen LogP contribution in [0.1, 0.15) is 45.4 Å². The van der Waals surface area contributed by atoms with Gasteiger partial charge in [-0.25, -0.2) is 4.79 Å². The number of piperidine rings is 1. The van der Waals surface area contributed by atoms with Crippen molar-refractivity contribution in [3.05, 3.63) is 0 Å². The van der Waals surface area contributed by atoms with Crippen molar-refractivity contribution in [3.8, 4) is 0 Å². The maximum absolute atomic E-state index is 12.1. The largest absolute Gasteiger partial charge is 0.480 e. The zero-order valence-corrected chi connectivity index (χ0v) is 15.9. The third-order valence-corrected chi connectivity index (χ3v) is 5.61. The lowest BCUT2D eigenvalue weighted by Gasteiger charge is -2.35. The van der Waals surface area contributed by atoms with E-state index in [4.69, 9.17) is 5.11 Å². The molecule has 0 bridgehead atoms. The van der Waals surface area contributed by atoms with E-state index in [1.165, 1.54) is 6.42 Å². The summed E-state index contributed by atoms with van der Waals surface area (Å²) >= 11 is 0. The zero-order chi connectivity index (χ0) is 19.1. The number of aliphatic carboxylic acids is 1. The number of rotatable bonds is 6. The van der Waals surface area contributed by atoms with Crippen LogP contribution in [0.15, 0.2) is 0 Å². The molecule has 2 atom stereocenters. The molecule has 1 saturated carbocycles. The predicted molar refractivity (Wildman–Crippen MR) is 97.8 cm³/mol. The van der Waals surface area contributed by atoms with Crippen molar-refractivity contribution in [1.29, 1.82) is 0 Å². The molecular formula is C18H32N4O4. The number of carboxylic acids is 1. The van der Waals surface area contributed by atoms with E-state index >= 15 is 0 Å². The van der Waals surface area contributed by atoms with E-state index in [2.05, 4.69) is 17.6 Å². The average molecular weight is 368 g/mol. The van der Waals surface area contributed by atoms with Crippen molar-refractivity contribution in [3.63, 3.8) is 0 Å². The zero-order valence-electron chi connectivity index (χ0n) is 15.9. The Kier molecular flexibility index (Phi) is 7.84. The molecule has 1 aliphatic heterocycles. The van der Waals surface area contributed by atoms with Crippen LogP contribution in [0.2, 0.25) is 0 Å². The Morgan fingerprint density at radius 1 is 1.12 bits per heavy atom. The highest BCUT2D eigenvalue weighted by Gasteiger charge is 2.26. The van der Waals surface area contributed by atoms with Gasteiger partial charge < -0.3 is 10.4 Å². The van der Waals surface area contributed by atoms with Crippen LogP contribution >= 0.6 is 0 Å². The number of hydrogen-bond acceptors (Lipinski definition) is 5. The normalized spacial score (nSPS) is 25.0. The molecule has 3 N–H and O–H groups in total. The molecule has 1 saturated heterocycles. The van der Waals surface area contributed by atoms with Crippen LogP contribution in [0, 0.1) is 5.92 Å². The molecule has 0 spiro atoms. The summed E-state index contributed by atoms with van der Waals surface area (Å²) in [5.41, 5.74) is 0. The number of hydrogen-bond donors (Lipinski definition) is 3. The average Bonchev–Trinajstić information content (AvgIpc) is 2.56. The molecule has 8 heteroatoms. The number of likely N-dealkylation sites (tertiary alicyclic amines) is 1. The van der Waals surface area contributed by atoms with Gasteiger partial charge >= 0.3 is 12.0 Å². The molecule has 0 aromatic carbocycles. The van der Waals surface area contributed by atoms with Gasteiger partial charge in [0.2, 0.25) is 5.91 Å². The second kappa shape index (κ2) is 9.87. The summed E-state index contributed by atoms with van der Waals surface area (Å²) in [7, 11) is 1.82. The Bertz CT molecular complexity index is 505. The van der Waals surface area contributed by atoms with E-state index in [-0.39, 0.29) is 31.1 Å². The first kappa shape index (κ1) is 20.6. The van der Waals surface area contributed by atoms with Crippen molar-refractivity contribution < 1.29 is 19.5 Å². The Labute approximate surface area is 155 Å². The Morgan fingerprint density at radius 3 is 2.38 bits per heavy atom. The summed E-state index contributed by atoms with van der Waals surface area (Å²) in [6.07, 6.45) is 6.06. The van der Waals surface area contributed by atoms with Crippen molar-refractivity contribution >= 4 is 17.9 Å². The second-order valence-electron chi connectivity index (χ2n) is 7.71. The van der Waals surface area contributed by atoms with Gasteiger partial charge in [0.05, 0.1) is 13.1 Å². The Morgan fingerprint density at radius 2 is 1.77 bits per heavy atom. The van der Waals surface area contributed by atoms with Gasteiger partial charge in [-0.15, -0.1) is 0 Å². The van der Waals surface area contributed by atoms with E-state index in [1.807, 2.05) is 16.8 Å². The third kappa shape index (κ3) is 6.57. The van der Waals surface area contributed by atoms with Gasteiger partial charge in [-0.1, -0.05) is 19.8 Å². The van der Waals surface area contributed by atoms with E-state index < -0.39 is 12.0 Å². The SMILES string of the molecule is CC1CCCCC1NC(=O)NC(=O)CN1CCC(N(C)CC(=O)O)CC1. The van der Waals surface area contributed by atoms with Crippen molar-refractivity contribution in [2.24, 2.45) is 5.92 Å². The molecule has 0 aromatic rings. The molecule has 2 aliphatic rings. The van der Waals surface area contributed by atoms with Crippen molar-refractivity contribution in [1.82, 2.24) is 20.4 Å². The van der Waals surface area contributed by atoms with Crippen LogP contribution in [0.5, 0.6) is 0 Å². The van der Waals surface area contributed by atoms with Gasteiger partial charge in [0, 0.05) is 25.2 Å². The lowest BCUT2D eigenvalue weighted by molar-refractivity contribution is -0.138. The molecule has 2 rings (SSSR count). The molecule has 1 heterocycles. The van der Waals surface area contributed by atoms with Crippen LogP contribution < -0.4 is 10.6 Å². The highest BCUT2D eigenvalue weighted by atomic mass is 16.4. The first-order valence-corrected chi connectivity index (χ1v) is 9.60. The fourth-order valence-electron chi connectivity index (χ4n) is 3.97. The van der Waals surface area contributed by atoms with E-state index in [0.717, 1.165) is 45.2 Å². The summed E-state index contributed by atoms with van der Waals surface area (Å²) in [6, 6.07) is -0.0246. The number of urea groups is 1. The maximum Gasteiger partial charge on any atom is 0.321 e. The number of nitrogens with one attached hydrogen (secondary N) is 2. The van der Waals surface area contributed by atoms with E-state index in [9.17, 15) is 14.4 Å². The van der Waals surface area contributed by atoms with Crippen molar-refractivity contribution in [2.75, 3.05) is 33.2 Å². The van der Waals surface area contributed by atoms with Crippen molar-refractivity contribution in [2.45, 2.75) is 57.5 Å². The molecule has 26 heavy (non-hydrogen) atoms. The molecule has 2 fully saturated rings. The fraction of sp³-hybridized carbons (Fsp3) is 0.833.